The first kappa shape index (κ1) is 20.1. The zero-order valence-electron chi connectivity index (χ0n) is 17.5. The standard InChI is InChI=1S/C26H28O2Si/c1-4-16-27-17-26(18-28-29-25-15-9-10-19(2)20(25)3)23-13-7-5-11-21(23)22-12-6-8-14-24(22)26/h5-15H,4,16-18H2,1-3H3. The Hall–Kier alpha value is -2.20. The topological polar surface area (TPSA) is 18.5 Å². The average molecular weight is 401 g/mol. The summed E-state index contributed by atoms with van der Waals surface area (Å²) in [6.07, 6.45) is 1.02. The molecule has 3 aromatic rings. The van der Waals surface area contributed by atoms with Gasteiger partial charge in [-0.3, -0.25) is 0 Å². The number of ether oxygens (including phenoxy) is 1. The summed E-state index contributed by atoms with van der Waals surface area (Å²) in [5.74, 6) is 0. The molecule has 3 aromatic carbocycles. The van der Waals surface area contributed by atoms with Crippen molar-refractivity contribution in [3.63, 3.8) is 0 Å². The van der Waals surface area contributed by atoms with Crippen LogP contribution in [0.4, 0.5) is 0 Å². The highest BCUT2D eigenvalue weighted by molar-refractivity contribution is 6.47. The summed E-state index contributed by atoms with van der Waals surface area (Å²) >= 11 is 0. The van der Waals surface area contributed by atoms with E-state index in [4.69, 9.17) is 9.16 Å². The molecule has 29 heavy (non-hydrogen) atoms. The van der Waals surface area contributed by atoms with Gasteiger partial charge in [0.25, 0.3) is 9.76 Å². The predicted molar refractivity (Wildman–Crippen MR) is 121 cm³/mol. The molecule has 4 rings (SSSR count). The molecule has 2 radical (unpaired) electrons. The Bertz CT molecular complexity index is 950. The van der Waals surface area contributed by atoms with Crippen LogP contribution in [0.5, 0.6) is 0 Å². The van der Waals surface area contributed by atoms with E-state index in [1.807, 2.05) is 0 Å². The van der Waals surface area contributed by atoms with Crippen LogP contribution in [0.1, 0.15) is 35.6 Å². The first-order valence-corrected chi connectivity index (χ1v) is 11.3. The SMILES string of the molecule is CCCOCC1(CO[Si]c2cccc(C)c2C)c2ccccc2-c2ccccc21. The molecule has 0 aromatic heterocycles. The van der Waals surface area contributed by atoms with Crippen LogP contribution in [0.25, 0.3) is 11.1 Å². The first-order chi connectivity index (χ1) is 14.2. The maximum absolute atomic E-state index is 6.44. The van der Waals surface area contributed by atoms with Gasteiger partial charge in [0.05, 0.1) is 18.6 Å². The molecule has 0 fully saturated rings. The third-order valence-corrected chi connectivity index (χ3v) is 7.03. The summed E-state index contributed by atoms with van der Waals surface area (Å²) in [4.78, 5) is 0. The molecule has 1 aliphatic rings. The minimum Gasteiger partial charge on any atom is -0.410 e. The number of hydrogen-bond donors (Lipinski definition) is 0. The van der Waals surface area contributed by atoms with Crippen molar-refractivity contribution in [3.8, 4) is 11.1 Å². The average Bonchev–Trinajstić information content (AvgIpc) is 3.02. The van der Waals surface area contributed by atoms with E-state index in [-0.39, 0.29) is 5.41 Å². The Kier molecular flexibility index (Phi) is 6.00. The molecule has 0 heterocycles. The van der Waals surface area contributed by atoms with Crippen molar-refractivity contribution in [2.75, 3.05) is 19.8 Å². The third kappa shape index (κ3) is 3.70. The lowest BCUT2D eigenvalue weighted by Crippen LogP contribution is -2.38. The summed E-state index contributed by atoms with van der Waals surface area (Å²) in [6, 6.07) is 23.9. The summed E-state index contributed by atoms with van der Waals surface area (Å²) < 4.78 is 12.6. The van der Waals surface area contributed by atoms with Crippen LogP contribution in [0, 0.1) is 13.8 Å². The zero-order chi connectivity index (χ0) is 20.3. The molecule has 0 spiro atoms. The summed E-state index contributed by atoms with van der Waals surface area (Å²) in [5, 5.41) is 1.29. The Balaban J connectivity index is 1.67. The van der Waals surface area contributed by atoms with Crippen LogP contribution in [0.3, 0.4) is 0 Å². The van der Waals surface area contributed by atoms with Gasteiger partial charge in [-0.15, -0.1) is 0 Å². The fraction of sp³-hybridized carbons (Fsp3) is 0.308. The van der Waals surface area contributed by atoms with E-state index in [9.17, 15) is 0 Å². The van der Waals surface area contributed by atoms with Gasteiger partial charge in [-0.05, 0) is 58.8 Å². The Morgan fingerprint density at radius 3 is 2.10 bits per heavy atom. The first-order valence-electron chi connectivity index (χ1n) is 10.4. The number of rotatable bonds is 8. The van der Waals surface area contributed by atoms with Crippen molar-refractivity contribution in [2.45, 2.75) is 32.6 Å². The highest BCUT2D eigenvalue weighted by atomic mass is 28.2. The highest BCUT2D eigenvalue weighted by Gasteiger charge is 2.43. The lowest BCUT2D eigenvalue weighted by Gasteiger charge is -2.32. The van der Waals surface area contributed by atoms with E-state index in [1.165, 1.54) is 38.6 Å². The van der Waals surface area contributed by atoms with Crippen molar-refractivity contribution >= 4 is 14.9 Å². The van der Waals surface area contributed by atoms with E-state index < -0.39 is 0 Å². The van der Waals surface area contributed by atoms with Gasteiger partial charge in [0.2, 0.25) is 0 Å². The monoisotopic (exact) mass is 400 g/mol. The second kappa shape index (κ2) is 8.66. The molecule has 0 N–H and O–H groups in total. The Morgan fingerprint density at radius 2 is 1.45 bits per heavy atom. The molecule has 0 amide bonds. The molecule has 2 nitrogen and oxygen atoms in total. The second-order valence-electron chi connectivity index (χ2n) is 7.86. The van der Waals surface area contributed by atoms with Crippen LogP contribution in [0.15, 0.2) is 66.7 Å². The Morgan fingerprint density at radius 1 is 0.793 bits per heavy atom. The molecule has 3 heteroatoms. The maximum Gasteiger partial charge on any atom is 0.269 e. The van der Waals surface area contributed by atoms with Crippen molar-refractivity contribution in [1.29, 1.82) is 0 Å². The lowest BCUT2D eigenvalue weighted by atomic mass is 9.79. The van der Waals surface area contributed by atoms with Crippen LogP contribution >= 0.6 is 0 Å². The van der Waals surface area contributed by atoms with Crippen LogP contribution in [0.2, 0.25) is 0 Å². The fourth-order valence-electron chi connectivity index (χ4n) is 4.26. The summed E-state index contributed by atoms with van der Waals surface area (Å²) in [5.41, 5.74) is 7.65. The van der Waals surface area contributed by atoms with Gasteiger partial charge in [-0.2, -0.15) is 0 Å². The van der Waals surface area contributed by atoms with Crippen LogP contribution < -0.4 is 5.19 Å². The smallest absolute Gasteiger partial charge is 0.269 e. The fourth-order valence-corrected chi connectivity index (χ4v) is 5.25. The molecule has 0 unspecified atom stereocenters. The van der Waals surface area contributed by atoms with Gasteiger partial charge in [0.1, 0.15) is 0 Å². The number of hydrogen-bond acceptors (Lipinski definition) is 2. The Labute approximate surface area is 176 Å². The van der Waals surface area contributed by atoms with Gasteiger partial charge in [-0.25, -0.2) is 0 Å². The summed E-state index contributed by atoms with van der Waals surface area (Å²) in [6.45, 7) is 8.53. The minimum atomic E-state index is -0.257. The van der Waals surface area contributed by atoms with Crippen molar-refractivity contribution < 1.29 is 9.16 Å². The van der Waals surface area contributed by atoms with Crippen molar-refractivity contribution in [2.24, 2.45) is 0 Å². The van der Waals surface area contributed by atoms with Gasteiger partial charge < -0.3 is 9.16 Å². The second-order valence-corrected chi connectivity index (χ2v) is 8.90. The van der Waals surface area contributed by atoms with E-state index in [0.717, 1.165) is 13.0 Å². The quantitative estimate of drug-likeness (QED) is 0.393. The molecule has 0 aliphatic heterocycles. The molecule has 1 aliphatic carbocycles. The van der Waals surface area contributed by atoms with Gasteiger partial charge in [-0.1, -0.05) is 73.7 Å². The normalized spacial score (nSPS) is 13.9. The number of aryl methyl sites for hydroxylation is 1. The van der Waals surface area contributed by atoms with Crippen LogP contribution in [-0.4, -0.2) is 29.6 Å². The minimum absolute atomic E-state index is 0.257. The van der Waals surface area contributed by atoms with Gasteiger partial charge >= 0.3 is 0 Å². The van der Waals surface area contributed by atoms with E-state index in [0.29, 0.717) is 23.0 Å². The highest BCUT2D eigenvalue weighted by Crippen LogP contribution is 2.49. The number of benzene rings is 3. The van der Waals surface area contributed by atoms with Crippen molar-refractivity contribution in [1.82, 2.24) is 0 Å². The summed E-state index contributed by atoms with van der Waals surface area (Å²) in [7, 11) is 0.331. The molecule has 0 saturated carbocycles. The van der Waals surface area contributed by atoms with E-state index >= 15 is 0 Å². The predicted octanol–water partition coefficient (Wildman–Crippen LogP) is 4.96. The molecule has 148 valence electrons. The van der Waals surface area contributed by atoms with E-state index in [1.54, 1.807) is 0 Å². The zero-order valence-corrected chi connectivity index (χ0v) is 18.5. The maximum atomic E-state index is 6.44. The largest absolute Gasteiger partial charge is 0.410 e. The van der Waals surface area contributed by atoms with Gasteiger partial charge in [0.15, 0.2) is 0 Å². The molecule has 0 saturated heterocycles. The molecule has 0 bridgehead atoms. The van der Waals surface area contributed by atoms with Gasteiger partial charge in [0, 0.05) is 6.61 Å². The molecular formula is C26H28O2Si. The van der Waals surface area contributed by atoms with E-state index in [2.05, 4.69) is 87.5 Å². The van der Waals surface area contributed by atoms with Crippen LogP contribution in [-0.2, 0) is 14.6 Å². The molecular weight excluding hydrogens is 372 g/mol. The lowest BCUT2D eigenvalue weighted by molar-refractivity contribution is 0.0771. The van der Waals surface area contributed by atoms with Crippen molar-refractivity contribution in [3.05, 3.63) is 89.0 Å². The molecule has 0 atom stereocenters. The third-order valence-electron chi connectivity index (χ3n) is 5.98. The number of fused-ring (bicyclic) bond motifs is 3.